The molecule has 0 aliphatic heterocycles. The number of sulfonamides is 1. The Morgan fingerprint density at radius 1 is 1.03 bits per heavy atom. The monoisotopic (exact) mass is 539 g/mol. The van der Waals surface area contributed by atoms with E-state index in [1.807, 2.05) is 6.92 Å². The first kappa shape index (κ1) is 25.4. The van der Waals surface area contributed by atoms with Gasteiger partial charge in [0.05, 0.1) is 23.5 Å². The maximum atomic E-state index is 14.4. The highest BCUT2D eigenvalue weighted by Gasteiger charge is 2.38. The van der Waals surface area contributed by atoms with E-state index in [9.17, 15) is 18.3 Å². The zero-order valence-electron chi connectivity index (χ0n) is 20.6. The Labute approximate surface area is 220 Å². The second-order valence-electron chi connectivity index (χ2n) is 9.30. The molecular formula is C27H29N3O5S2. The molecule has 0 fully saturated rings. The molecule has 1 aliphatic carbocycles. The molecule has 0 saturated carbocycles. The molecule has 2 aromatic carbocycles. The Hall–Kier alpha value is -3.24. The van der Waals surface area contributed by atoms with E-state index in [0.29, 0.717) is 48.2 Å². The van der Waals surface area contributed by atoms with Crippen LogP contribution in [0.3, 0.4) is 0 Å². The number of aromatic nitrogens is 2. The van der Waals surface area contributed by atoms with Crippen LogP contribution in [0.4, 0.5) is 5.69 Å². The summed E-state index contributed by atoms with van der Waals surface area (Å²) in [5, 5.41) is 11.5. The number of fused-ring (bicyclic) bond motifs is 2. The van der Waals surface area contributed by atoms with Crippen LogP contribution in [-0.2, 0) is 22.9 Å². The predicted molar refractivity (Wildman–Crippen MR) is 144 cm³/mol. The lowest BCUT2D eigenvalue weighted by atomic mass is 9.93. The van der Waals surface area contributed by atoms with Crippen LogP contribution in [0.5, 0.6) is 5.75 Å². The van der Waals surface area contributed by atoms with E-state index in [0.717, 1.165) is 37.4 Å². The first-order valence-corrected chi connectivity index (χ1v) is 14.8. The first-order valence-electron chi connectivity index (χ1n) is 12.6. The summed E-state index contributed by atoms with van der Waals surface area (Å²) in [6, 6.07) is 12.5. The van der Waals surface area contributed by atoms with Crippen molar-refractivity contribution in [2.75, 3.05) is 4.31 Å². The molecular weight excluding hydrogens is 510 g/mol. The molecule has 1 N–H and O–H groups in total. The number of benzene rings is 2. The van der Waals surface area contributed by atoms with Gasteiger partial charge in [0.1, 0.15) is 33.0 Å². The van der Waals surface area contributed by atoms with Gasteiger partial charge in [-0.1, -0.05) is 50.5 Å². The van der Waals surface area contributed by atoms with E-state index in [-0.39, 0.29) is 21.7 Å². The zero-order valence-corrected chi connectivity index (χ0v) is 22.2. The van der Waals surface area contributed by atoms with Gasteiger partial charge in [-0.2, -0.15) is 8.75 Å². The molecule has 1 aliphatic rings. The number of aromatic hydroxyl groups is 1. The fourth-order valence-electron chi connectivity index (χ4n) is 5.12. The van der Waals surface area contributed by atoms with Gasteiger partial charge in [-0.25, -0.2) is 13.2 Å². The van der Waals surface area contributed by atoms with Crippen molar-refractivity contribution in [3.8, 4) is 5.75 Å². The fourth-order valence-corrected chi connectivity index (χ4v) is 7.53. The van der Waals surface area contributed by atoms with Gasteiger partial charge in [0.25, 0.3) is 10.0 Å². The van der Waals surface area contributed by atoms with Gasteiger partial charge in [0.15, 0.2) is 0 Å². The number of nitrogens with zero attached hydrogens (tertiary/aromatic N) is 3. The lowest BCUT2D eigenvalue weighted by Crippen LogP contribution is -2.37. The highest BCUT2D eigenvalue weighted by molar-refractivity contribution is 7.93. The Balaban J connectivity index is 1.75. The fraction of sp³-hybridized carbons (Fsp3) is 0.370. The average Bonchev–Trinajstić information content (AvgIpc) is 3.35. The van der Waals surface area contributed by atoms with Gasteiger partial charge in [-0.3, -0.25) is 4.31 Å². The second-order valence-corrected chi connectivity index (χ2v) is 11.6. The third-order valence-corrected chi connectivity index (χ3v) is 9.28. The van der Waals surface area contributed by atoms with Crippen molar-refractivity contribution in [1.29, 1.82) is 0 Å². The van der Waals surface area contributed by atoms with E-state index in [1.165, 1.54) is 10.4 Å². The van der Waals surface area contributed by atoms with Gasteiger partial charge in [-0.15, -0.1) is 0 Å². The smallest absolute Gasteiger partial charge is 0.345 e. The number of hydrogen-bond donors (Lipinski definition) is 1. The van der Waals surface area contributed by atoms with Crippen molar-refractivity contribution in [3.63, 3.8) is 0 Å². The maximum absolute atomic E-state index is 14.4. The Kier molecular flexibility index (Phi) is 7.30. The van der Waals surface area contributed by atoms with Gasteiger partial charge in [0.2, 0.25) is 0 Å². The van der Waals surface area contributed by atoms with Crippen molar-refractivity contribution in [3.05, 3.63) is 75.8 Å². The molecule has 0 saturated heterocycles. The summed E-state index contributed by atoms with van der Waals surface area (Å²) >= 11 is 0.942. The number of aryl methyl sites for hydroxylation is 1. The molecule has 10 heteroatoms. The lowest BCUT2D eigenvalue weighted by Gasteiger charge is -2.33. The van der Waals surface area contributed by atoms with Crippen molar-refractivity contribution in [2.45, 2.75) is 69.2 Å². The largest absolute Gasteiger partial charge is 0.507 e. The van der Waals surface area contributed by atoms with Crippen LogP contribution in [0.25, 0.3) is 11.0 Å². The van der Waals surface area contributed by atoms with Crippen LogP contribution in [0.1, 0.15) is 68.4 Å². The van der Waals surface area contributed by atoms with Crippen LogP contribution in [0.15, 0.2) is 62.6 Å². The minimum absolute atomic E-state index is 0.00108. The normalized spacial score (nSPS) is 15.1. The number of para-hydroxylation sites is 1. The minimum Gasteiger partial charge on any atom is -0.507 e. The highest BCUT2D eigenvalue weighted by Crippen LogP contribution is 2.41. The van der Waals surface area contributed by atoms with Crippen molar-refractivity contribution >= 4 is 38.5 Å². The summed E-state index contributed by atoms with van der Waals surface area (Å²) in [5.74, 6) is 0.366. The summed E-state index contributed by atoms with van der Waals surface area (Å²) in [6.07, 6.45) is 5.85. The third-order valence-electron chi connectivity index (χ3n) is 6.87. The Bertz CT molecular complexity index is 1560. The second kappa shape index (κ2) is 10.6. The highest BCUT2D eigenvalue weighted by atomic mass is 32.2. The molecule has 5 rings (SSSR count). The molecule has 8 nitrogen and oxygen atoms in total. The van der Waals surface area contributed by atoms with Crippen molar-refractivity contribution < 1.29 is 17.9 Å². The van der Waals surface area contributed by atoms with Crippen molar-refractivity contribution in [1.82, 2.24) is 8.75 Å². The number of rotatable bonds is 7. The van der Waals surface area contributed by atoms with Crippen LogP contribution >= 0.6 is 11.7 Å². The molecule has 194 valence electrons. The molecule has 0 bridgehead atoms. The molecule has 0 spiro atoms. The molecule has 2 aromatic heterocycles. The zero-order chi connectivity index (χ0) is 26.0. The summed E-state index contributed by atoms with van der Waals surface area (Å²) < 4.78 is 44.3. The summed E-state index contributed by atoms with van der Waals surface area (Å²) in [5.41, 5.74) is 1.04. The first-order chi connectivity index (χ1) is 17.9. The summed E-state index contributed by atoms with van der Waals surface area (Å²) in [6.45, 7) is 1.92. The van der Waals surface area contributed by atoms with E-state index in [1.54, 1.807) is 42.5 Å². The molecule has 2 heterocycles. The SMILES string of the molecule is CCCC(c1c(O)c2c(oc1=O)CCCCCC2)N(c1ccccc1)S(=O)(=O)c1cccc2nsnc12. The average molecular weight is 540 g/mol. The molecule has 1 atom stereocenters. The van der Waals surface area contributed by atoms with Crippen LogP contribution < -0.4 is 9.93 Å². The van der Waals surface area contributed by atoms with E-state index in [4.69, 9.17) is 4.42 Å². The van der Waals surface area contributed by atoms with Crippen LogP contribution in [-0.4, -0.2) is 22.3 Å². The molecule has 4 aromatic rings. The van der Waals surface area contributed by atoms with Crippen molar-refractivity contribution in [2.24, 2.45) is 0 Å². The van der Waals surface area contributed by atoms with Gasteiger partial charge in [-0.05, 0) is 49.9 Å². The van der Waals surface area contributed by atoms with Gasteiger partial charge < -0.3 is 9.52 Å². The standard InChI is InChI=1S/C27H29N3O5S2/c1-2-11-21(24-26(31)19-14-8-3-4-9-16-22(19)35-27(24)32)30(18-12-6-5-7-13-18)37(33,34)23-17-10-15-20-25(23)29-36-28-20/h5-7,10,12-13,15,17,21,31H,2-4,8-9,11,14,16H2,1H3. The van der Waals surface area contributed by atoms with Gasteiger partial charge in [0, 0.05) is 12.0 Å². The summed E-state index contributed by atoms with van der Waals surface area (Å²) in [7, 11) is -4.24. The number of anilines is 1. The molecule has 0 amide bonds. The maximum Gasteiger partial charge on any atom is 0.345 e. The number of hydrogen-bond acceptors (Lipinski definition) is 8. The van der Waals surface area contributed by atoms with Gasteiger partial charge >= 0.3 is 5.63 Å². The molecule has 1 unspecified atom stereocenters. The topological polar surface area (TPSA) is 114 Å². The third kappa shape index (κ3) is 4.75. The van der Waals surface area contributed by atoms with Crippen LogP contribution in [0.2, 0.25) is 0 Å². The predicted octanol–water partition coefficient (Wildman–Crippen LogP) is 5.75. The molecule has 0 radical (unpaired) electrons. The van der Waals surface area contributed by atoms with E-state index >= 15 is 0 Å². The minimum atomic E-state index is -4.24. The summed E-state index contributed by atoms with van der Waals surface area (Å²) in [4.78, 5) is 13.4. The quantitative estimate of drug-likeness (QED) is 0.318. The molecule has 37 heavy (non-hydrogen) atoms. The Morgan fingerprint density at radius 3 is 2.54 bits per heavy atom. The van der Waals surface area contributed by atoms with E-state index < -0.39 is 21.7 Å². The van der Waals surface area contributed by atoms with Crippen LogP contribution in [0, 0.1) is 0 Å². The lowest BCUT2D eigenvalue weighted by molar-refractivity contribution is 0.379. The van der Waals surface area contributed by atoms with E-state index in [2.05, 4.69) is 8.75 Å². The Morgan fingerprint density at radius 2 is 1.78 bits per heavy atom.